The molecular formula is C10H24BF4N. The van der Waals surface area contributed by atoms with Gasteiger partial charge in [0, 0.05) is 0 Å². The van der Waals surface area contributed by atoms with Gasteiger partial charge in [-0.1, -0.05) is 26.2 Å². The second-order valence-corrected chi connectivity index (χ2v) is 4.92. The SMILES string of the molecule is CCCCCCC[N+](C)(C)C.F[B-](F)(F)F. The van der Waals surface area contributed by atoms with E-state index in [0.717, 1.165) is 4.48 Å². The lowest BCUT2D eigenvalue weighted by Gasteiger charge is -2.23. The molecule has 0 aliphatic heterocycles. The molecule has 0 N–H and O–H groups in total. The van der Waals surface area contributed by atoms with Crippen LogP contribution >= 0.6 is 0 Å². The summed E-state index contributed by atoms with van der Waals surface area (Å²) in [4.78, 5) is 0. The molecule has 16 heavy (non-hydrogen) atoms. The zero-order valence-electron chi connectivity index (χ0n) is 10.8. The summed E-state index contributed by atoms with van der Waals surface area (Å²) in [7, 11) is 0.791. The van der Waals surface area contributed by atoms with Crippen LogP contribution < -0.4 is 0 Å². The van der Waals surface area contributed by atoms with Crippen molar-refractivity contribution in [2.45, 2.75) is 39.0 Å². The number of halogens is 4. The number of nitrogens with zero attached hydrogens (tertiary/aromatic N) is 1. The third-order valence-electron chi connectivity index (χ3n) is 1.93. The van der Waals surface area contributed by atoms with Gasteiger partial charge < -0.3 is 21.7 Å². The molecule has 0 spiro atoms. The van der Waals surface area contributed by atoms with Crippen molar-refractivity contribution in [2.24, 2.45) is 0 Å². The topological polar surface area (TPSA) is 0 Å². The molecule has 6 heteroatoms. The molecule has 0 atom stereocenters. The van der Waals surface area contributed by atoms with Crippen LogP contribution in [0.25, 0.3) is 0 Å². The third kappa shape index (κ3) is 37.2. The smallest absolute Gasteiger partial charge is 0.418 e. The standard InChI is InChI=1S/C10H24N.BF4/c1-5-6-7-8-9-10-11(2,3)4;2-1(3,4)5/h5-10H2,1-4H3;/q+1;-1. The minimum Gasteiger partial charge on any atom is -0.418 e. The van der Waals surface area contributed by atoms with Crippen molar-refractivity contribution < 1.29 is 21.7 Å². The highest BCUT2D eigenvalue weighted by Gasteiger charge is 2.20. The zero-order chi connectivity index (χ0) is 13.2. The van der Waals surface area contributed by atoms with Crippen LogP contribution in [0.2, 0.25) is 0 Å². The summed E-state index contributed by atoms with van der Waals surface area (Å²) < 4.78 is 40.1. The molecule has 0 aliphatic carbocycles. The van der Waals surface area contributed by atoms with Crippen molar-refractivity contribution >= 4 is 7.25 Å². The number of unbranched alkanes of at least 4 members (excludes halogenated alkanes) is 4. The molecule has 0 saturated heterocycles. The van der Waals surface area contributed by atoms with Crippen molar-refractivity contribution in [3.63, 3.8) is 0 Å². The summed E-state index contributed by atoms with van der Waals surface area (Å²) in [6.45, 7) is 3.59. The lowest BCUT2D eigenvalue weighted by Crippen LogP contribution is -2.35. The fraction of sp³-hybridized carbons (Fsp3) is 1.00. The first-order chi connectivity index (χ1) is 7.06. The number of hydrogen-bond donors (Lipinski definition) is 0. The Hall–Kier alpha value is -0.255. The molecule has 0 aromatic rings. The summed E-state index contributed by atoms with van der Waals surface area (Å²) in [5.41, 5.74) is 0. The van der Waals surface area contributed by atoms with Crippen LogP contribution in [-0.4, -0.2) is 39.4 Å². The number of hydrogen-bond acceptors (Lipinski definition) is 0. The van der Waals surface area contributed by atoms with Gasteiger partial charge in [0.05, 0.1) is 27.7 Å². The monoisotopic (exact) mass is 245 g/mol. The van der Waals surface area contributed by atoms with Gasteiger partial charge in [-0.2, -0.15) is 0 Å². The summed E-state index contributed by atoms with van der Waals surface area (Å²) in [6.07, 6.45) is 7.00. The highest BCUT2D eigenvalue weighted by Crippen LogP contribution is 2.06. The maximum Gasteiger partial charge on any atom is 0.673 e. The molecular weight excluding hydrogens is 221 g/mol. The van der Waals surface area contributed by atoms with Crippen LogP contribution in [0.15, 0.2) is 0 Å². The second kappa shape index (κ2) is 8.85. The van der Waals surface area contributed by atoms with Crippen LogP contribution in [0, 0.1) is 0 Å². The summed E-state index contributed by atoms with van der Waals surface area (Å²) in [5, 5.41) is 0. The molecule has 0 radical (unpaired) electrons. The lowest BCUT2D eigenvalue weighted by molar-refractivity contribution is -0.870. The Labute approximate surface area is 96.5 Å². The van der Waals surface area contributed by atoms with Gasteiger partial charge in [0.2, 0.25) is 0 Å². The minimum atomic E-state index is -6.00. The maximum atomic E-state index is 9.75. The fourth-order valence-corrected chi connectivity index (χ4v) is 1.19. The molecule has 1 nitrogen and oxygen atoms in total. The van der Waals surface area contributed by atoms with Gasteiger partial charge in [0.15, 0.2) is 0 Å². The normalized spacial score (nSPS) is 12.0. The summed E-state index contributed by atoms with van der Waals surface area (Å²) in [5.74, 6) is 0. The van der Waals surface area contributed by atoms with Gasteiger partial charge in [0.25, 0.3) is 0 Å². The van der Waals surface area contributed by atoms with Crippen molar-refractivity contribution in [2.75, 3.05) is 27.7 Å². The predicted molar refractivity (Wildman–Crippen MR) is 61.8 cm³/mol. The molecule has 0 bridgehead atoms. The molecule has 0 amide bonds. The predicted octanol–water partition coefficient (Wildman–Crippen LogP) is 3.96. The maximum absolute atomic E-state index is 9.75. The highest BCUT2D eigenvalue weighted by atomic mass is 19.5. The van der Waals surface area contributed by atoms with Crippen LogP contribution in [0.5, 0.6) is 0 Å². The molecule has 0 saturated carbocycles. The molecule has 100 valence electrons. The van der Waals surface area contributed by atoms with Gasteiger partial charge in [-0.3, -0.25) is 0 Å². The molecule has 0 aliphatic rings. The van der Waals surface area contributed by atoms with Gasteiger partial charge in [-0.15, -0.1) is 0 Å². The summed E-state index contributed by atoms with van der Waals surface area (Å²) >= 11 is 0. The van der Waals surface area contributed by atoms with Crippen molar-refractivity contribution in [1.82, 2.24) is 0 Å². The molecule has 0 aromatic carbocycles. The Kier molecular flexibility index (Phi) is 10.0. The molecule has 0 heterocycles. The van der Waals surface area contributed by atoms with E-state index in [0.29, 0.717) is 0 Å². The van der Waals surface area contributed by atoms with Gasteiger partial charge in [-0.05, 0) is 12.8 Å². The Morgan fingerprint density at radius 3 is 1.50 bits per heavy atom. The van der Waals surface area contributed by atoms with Gasteiger partial charge in [-0.25, -0.2) is 0 Å². The van der Waals surface area contributed by atoms with E-state index in [2.05, 4.69) is 28.1 Å². The van der Waals surface area contributed by atoms with Crippen LogP contribution in [0.3, 0.4) is 0 Å². The molecule has 0 aromatic heterocycles. The Bertz CT molecular complexity index is 148. The van der Waals surface area contributed by atoms with Crippen LogP contribution in [0.1, 0.15) is 39.0 Å². The quantitative estimate of drug-likeness (QED) is 0.287. The Morgan fingerprint density at radius 2 is 1.19 bits per heavy atom. The Morgan fingerprint density at radius 1 is 0.812 bits per heavy atom. The third-order valence-corrected chi connectivity index (χ3v) is 1.93. The first-order valence-corrected chi connectivity index (χ1v) is 5.74. The van der Waals surface area contributed by atoms with Gasteiger partial charge >= 0.3 is 7.25 Å². The van der Waals surface area contributed by atoms with Gasteiger partial charge in [0.1, 0.15) is 0 Å². The van der Waals surface area contributed by atoms with E-state index in [1.807, 2.05) is 0 Å². The first-order valence-electron chi connectivity index (χ1n) is 5.74. The molecule has 0 rings (SSSR count). The van der Waals surface area contributed by atoms with Crippen LogP contribution in [-0.2, 0) is 0 Å². The average Bonchev–Trinajstić information content (AvgIpc) is 1.98. The lowest BCUT2D eigenvalue weighted by atomic mass is 10.1. The highest BCUT2D eigenvalue weighted by molar-refractivity contribution is 6.50. The average molecular weight is 245 g/mol. The number of rotatable bonds is 6. The second-order valence-electron chi connectivity index (χ2n) is 4.92. The minimum absolute atomic E-state index is 1.12. The zero-order valence-corrected chi connectivity index (χ0v) is 10.8. The molecule has 0 unspecified atom stereocenters. The van der Waals surface area contributed by atoms with Crippen LogP contribution in [0.4, 0.5) is 17.3 Å². The van der Waals surface area contributed by atoms with E-state index in [-0.39, 0.29) is 0 Å². The Balaban J connectivity index is 0. The van der Waals surface area contributed by atoms with Crippen molar-refractivity contribution in [1.29, 1.82) is 0 Å². The number of quaternary nitrogens is 1. The van der Waals surface area contributed by atoms with E-state index in [9.17, 15) is 17.3 Å². The van der Waals surface area contributed by atoms with E-state index >= 15 is 0 Å². The van der Waals surface area contributed by atoms with E-state index in [1.54, 1.807) is 0 Å². The van der Waals surface area contributed by atoms with E-state index < -0.39 is 7.25 Å². The fourth-order valence-electron chi connectivity index (χ4n) is 1.19. The van der Waals surface area contributed by atoms with E-state index in [1.165, 1.54) is 38.6 Å². The van der Waals surface area contributed by atoms with Crippen molar-refractivity contribution in [3.8, 4) is 0 Å². The first kappa shape index (κ1) is 18.1. The van der Waals surface area contributed by atoms with Crippen molar-refractivity contribution in [3.05, 3.63) is 0 Å². The summed E-state index contributed by atoms with van der Waals surface area (Å²) in [6, 6.07) is 0. The van der Waals surface area contributed by atoms with E-state index in [4.69, 9.17) is 0 Å². The molecule has 0 fully saturated rings. The largest absolute Gasteiger partial charge is 0.673 e.